The van der Waals surface area contributed by atoms with E-state index < -0.39 is 11.8 Å². The number of nitrogens with zero attached hydrogens (tertiary/aromatic N) is 2. The maximum atomic E-state index is 13.3. The van der Waals surface area contributed by atoms with Gasteiger partial charge >= 0.3 is 6.03 Å². The van der Waals surface area contributed by atoms with Crippen molar-refractivity contribution in [3.05, 3.63) is 53.8 Å². The SMILES string of the molecule is CN(C)c1ccc(NC(=O)Nc2cccc(F)c2)cc1C(=O)N1CCCCC1. The molecule has 0 bridgehead atoms. The zero-order valence-corrected chi connectivity index (χ0v) is 16.2. The first-order chi connectivity index (χ1) is 13.4. The van der Waals surface area contributed by atoms with E-state index >= 15 is 0 Å². The molecule has 1 aliphatic heterocycles. The molecule has 1 heterocycles. The van der Waals surface area contributed by atoms with Crippen molar-refractivity contribution < 1.29 is 14.0 Å². The quantitative estimate of drug-likeness (QED) is 0.832. The highest BCUT2D eigenvalue weighted by Gasteiger charge is 2.22. The van der Waals surface area contributed by atoms with Crippen LogP contribution in [0.5, 0.6) is 0 Å². The van der Waals surface area contributed by atoms with Gasteiger partial charge in [-0.15, -0.1) is 0 Å². The number of amides is 3. The molecule has 2 aromatic rings. The molecule has 148 valence electrons. The van der Waals surface area contributed by atoms with Crippen LogP contribution in [0.1, 0.15) is 29.6 Å². The third-order valence-electron chi connectivity index (χ3n) is 4.69. The Labute approximate surface area is 164 Å². The summed E-state index contributed by atoms with van der Waals surface area (Å²) in [6.45, 7) is 1.51. The summed E-state index contributed by atoms with van der Waals surface area (Å²) in [6.07, 6.45) is 3.17. The summed E-state index contributed by atoms with van der Waals surface area (Å²) in [5, 5.41) is 5.30. The minimum atomic E-state index is -0.500. The zero-order valence-electron chi connectivity index (χ0n) is 16.2. The molecule has 1 saturated heterocycles. The van der Waals surface area contributed by atoms with Crippen LogP contribution in [0.15, 0.2) is 42.5 Å². The fraction of sp³-hybridized carbons (Fsp3) is 0.333. The Morgan fingerprint density at radius 3 is 2.29 bits per heavy atom. The Balaban J connectivity index is 1.78. The van der Waals surface area contributed by atoms with Gasteiger partial charge < -0.3 is 20.4 Å². The minimum absolute atomic E-state index is 0.0300. The van der Waals surface area contributed by atoms with E-state index in [-0.39, 0.29) is 5.91 Å². The average molecular weight is 384 g/mol. The normalized spacial score (nSPS) is 13.8. The van der Waals surface area contributed by atoms with Crippen LogP contribution in [-0.2, 0) is 0 Å². The predicted octanol–water partition coefficient (Wildman–Crippen LogP) is 4.16. The van der Waals surface area contributed by atoms with Gasteiger partial charge in [-0.2, -0.15) is 0 Å². The predicted molar refractivity (Wildman–Crippen MR) is 110 cm³/mol. The van der Waals surface area contributed by atoms with Crippen molar-refractivity contribution in [1.29, 1.82) is 0 Å². The maximum absolute atomic E-state index is 13.3. The Bertz CT molecular complexity index is 863. The summed E-state index contributed by atoms with van der Waals surface area (Å²) in [7, 11) is 3.76. The van der Waals surface area contributed by atoms with Crippen LogP contribution in [0.3, 0.4) is 0 Å². The monoisotopic (exact) mass is 384 g/mol. The van der Waals surface area contributed by atoms with Gasteiger partial charge in [-0.05, 0) is 55.7 Å². The number of urea groups is 1. The lowest BCUT2D eigenvalue weighted by molar-refractivity contribution is 0.0725. The summed E-state index contributed by atoms with van der Waals surface area (Å²) in [6, 6.07) is 10.4. The number of rotatable bonds is 4. The number of halogens is 1. The third kappa shape index (κ3) is 4.79. The number of piperidine rings is 1. The van der Waals surface area contributed by atoms with Crippen LogP contribution in [0.4, 0.5) is 26.2 Å². The molecule has 3 amide bonds. The Kier molecular flexibility index (Phi) is 6.13. The number of benzene rings is 2. The van der Waals surface area contributed by atoms with Crippen LogP contribution in [0, 0.1) is 5.82 Å². The molecule has 1 fully saturated rings. The zero-order chi connectivity index (χ0) is 20.1. The summed E-state index contributed by atoms with van der Waals surface area (Å²) in [4.78, 5) is 29.0. The first kappa shape index (κ1) is 19.7. The van der Waals surface area contributed by atoms with Crippen LogP contribution in [0.2, 0.25) is 0 Å². The molecule has 1 aliphatic rings. The second kappa shape index (κ2) is 8.73. The van der Waals surface area contributed by atoms with E-state index in [2.05, 4.69) is 10.6 Å². The standard InChI is InChI=1S/C21H25FN4O2/c1-25(2)19-10-9-17(14-18(19)20(27)26-11-4-3-5-12-26)24-21(28)23-16-8-6-7-15(22)13-16/h6-10,13-14H,3-5,11-12H2,1-2H3,(H2,23,24,28). The molecule has 0 unspecified atom stereocenters. The summed E-state index contributed by atoms with van der Waals surface area (Å²) < 4.78 is 13.3. The topological polar surface area (TPSA) is 64.7 Å². The van der Waals surface area contributed by atoms with E-state index in [0.717, 1.165) is 38.0 Å². The molecule has 28 heavy (non-hydrogen) atoms. The van der Waals surface area contributed by atoms with Gasteiger partial charge in [0.15, 0.2) is 0 Å². The Morgan fingerprint density at radius 1 is 0.964 bits per heavy atom. The number of likely N-dealkylation sites (tertiary alicyclic amines) is 1. The first-order valence-corrected chi connectivity index (χ1v) is 9.38. The molecule has 3 rings (SSSR count). The van der Waals surface area contributed by atoms with Crippen molar-refractivity contribution in [1.82, 2.24) is 4.90 Å². The van der Waals surface area contributed by atoms with Gasteiger partial charge in [0, 0.05) is 44.2 Å². The van der Waals surface area contributed by atoms with Gasteiger partial charge in [-0.25, -0.2) is 9.18 Å². The molecule has 0 radical (unpaired) electrons. The lowest BCUT2D eigenvalue weighted by atomic mass is 10.1. The van der Waals surface area contributed by atoms with E-state index in [9.17, 15) is 14.0 Å². The van der Waals surface area contributed by atoms with Crippen molar-refractivity contribution in [2.45, 2.75) is 19.3 Å². The molecule has 2 N–H and O–H groups in total. The Morgan fingerprint density at radius 2 is 1.64 bits per heavy atom. The first-order valence-electron chi connectivity index (χ1n) is 9.38. The number of carbonyl (C=O) groups excluding carboxylic acids is 2. The van der Waals surface area contributed by atoms with E-state index in [1.165, 1.54) is 18.2 Å². The molecule has 0 spiro atoms. The van der Waals surface area contributed by atoms with Crippen molar-refractivity contribution in [2.24, 2.45) is 0 Å². The van der Waals surface area contributed by atoms with Crippen molar-refractivity contribution >= 4 is 29.0 Å². The molecule has 7 heteroatoms. The van der Waals surface area contributed by atoms with E-state index in [4.69, 9.17) is 0 Å². The number of nitrogens with one attached hydrogen (secondary N) is 2. The van der Waals surface area contributed by atoms with Gasteiger partial charge in [0.2, 0.25) is 0 Å². The molecule has 2 aromatic carbocycles. The lowest BCUT2D eigenvalue weighted by Gasteiger charge is -2.28. The molecular formula is C21H25FN4O2. The fourth-order valence-corrected chi connectivity index (χ4v) is 3.30. The van der Waals surface area contributed by atoms with E-state index in [0.29, 0.717) is 16.9 Å². The molecule has 6 nitrogen and oxygen atoms in total. The van der Waals surface area contributed by atoms with Crippen molar-refractivity contribution in [3.8, 4) is 0 Å². The van der Waals surface area contributed by atoms with Crippen LogP contribution >= 0.6 is 0 Å². The van der Waals surface area contributed by atoms with Gasteiger partial charge in [0.05, 0.1) is 5.56 Å². The van der Waals surface area contributed by atoms with Crippen molar-refractivity contribution in [3.63, 3.8) is 0 Å². The van der Waals surface area contributed by atoms with Gasteiger partial charge in [0.1, 0.15) is 5.82 Å². The van der Waals surface area contributed by atoms with Crippen LogP contribution < -0.4 is 15.5 Å². The van der Waals surface area contributed by atoms with E-state index in [1.807, 2.05) is 30.0 Å². The van der Waals surface area contributed by atoms with Gasteiger partial charge in [-0.1, -0.05) is 6.07 Å². The molecule has 0 aromatic heterocycles. The van der Waals surface area contributed by atoms with Crippen LogP contribution in [0.25, 0.3) is 0 Å². The lowest BCUT2D eigenvalue weighted by Crippen LogP contribution is -2.36. The molecule has 0 aliphatic carbocycles. The largest absolute Gasteiger partial charge is 0.377 e. The second-order valence-electron chi connectivity index (χ2n) is 7.07. The number of carbonyl (C=O) groups is 2. The third-order valence-corrected chi connectivity index (χ3v) is 4.69. The van der Waals surface area contributed by atoms with Crippen LogP contribution in [-0.4, -0.2) is 44.0 Å². The maximum Gasteiger partial charge on any atom is 0.323 e. The minimum Gasteiger partial charge on any atom is -0.377 e. The molecular weight excluding hydrogens is 359 g/mol. The van der Waals surface area contributed by atoms with E-state index in [1.54, 1.807) is 18.2 Å². The molecule has 0 saturated carbocycles. The summed E-state index contributed by atoms with van der Waals surface area (Å²) >= 11 is 0. The van der Waals surface area contributed by atoms with Crippen molar-refractivity contribution in [2.75, 3.05) is 42.7 Å². The average Bonchev–Trinajstić information content (AvgIpc) is 2.67. The number of hydrogen-bond donors (Lipinski definition) is 2. The highest BCUT2D eigenvalue weighted by Crippen LogP contribution is 2.26. The fourth-order valence-electron chi connectivity index (χ4n) is 3.30. The summed E-state index contributed by atoms with van der Waals surface area (Å²) in [5.41, 5.74) is 2.20. The number of hydrogen-bond acceptors (Lipinski definition) is 3. The Hall–Kier alpha value is -3.09. The number of anilines is 3. The summed E-state index contributed by atoms with van der Waals surface area (Å²) in [5.74, 6) is -0.458. The highest BCUT2D eigenvalue weighted by atomic mass is 19.1. The second-order valence-corrected chi connectivity index (χ2v) is 7.07. The smallest absolute Gasteiger partial charge is 0.323 e. The molecule has 0 atom stereocenters. The van der Waals surface area contributed by atoms with Gasteiger partial charge in [-0.3, -0.25) is 4.79 Å². The highest BCUT2D eigenvalue weighted by molar-refractivity contribution is 6.04. The van der Waals surface area contributed by atoms with Gasteiger partial charge in [0.25, 0.3) is 5.91 Å².